The summed E-state index contributed by atoms with van der Waals surface area (Å²) in [4.78, 5) is 17.5. The van der Waals surface area contributed by atoms with Crippen molar-refractivity contribution in [3.8, 4) is 16.9 Å². The standard InChI is InChI=1S/C24H20ClN3O/c1-24(2)12-18-19(20(29)13-24)14-26-23-21(18)22(15-8-10-16(25)11-9-15)27-28(23)17-6-4-3-5-7-17/h3-11,14H,12-13H2,1-2H3. The number of benzene rings is 2. The number of para-hydroxylation sites is 1. The molecule has 2 aromatic carbocycles. The molecule has 0 fully saturated rings. The molecule has 2 heterocycles. The number of fused-ring (bicyclic) bond motifs is 3. The lowest BCUT2D eigenvalue weighted by molar-refractivity contribution is 0.0912. The van der Waals surface area contributed by atoms with Crippen molar-refractivity contribution < 1.29 is 4.79 Å². The van der Waals surface area contributed by atoms with E-state index in [0.29, 0.717) is 11.4 Å². The minimum atomic E-state index is -0.0928. The number of nitrogens with zero attached hydrogens (tertiary/aromatic N) is 3. The van der Waals surface area contributed by atoms with Crippen LogP contribution >= 0.6 is 11.6 Å². The van der Waals surface area contributed by atoms with Gasteiger partial charge in [-0.15, -0.1) is 0 Å². The van der Waals surface area contributed by atoms with Gasteiger partial charge in [-0.2, -0.15) is 5.10 Å². The van der Waals surface area contributed by atoms with Crippen molar-refractivity contribution in [3.05, 3.63) is 76.9 Å². The average Bonchev–Trinajstić information content (AvgIpc) is 3.08. The van der Waals surface area contributed by atoms with E-state index in [-0.39, 0.29) is 11.2 Å². The maximum Gasteiger partial charge on any atom is 0.165 e. The molecule has 0 atom stereocenters. The monoisotopic (exact) mass is 401 g/mol. The van der Waals surface area contributed by atoms with E-state index in [9.17, 15) is 4.79 Å². The molecule has 0 saturated heterocycles. The molecule has 0 aliphatic heterocycles. The molecule has 0 amide bonds. The summed E-state index contributed by atoms with van der Waals surface area (Å²) in [6.07, 6.45) is 3.08. The fraction of sp³-hybridized carbons (Fsp3) is 0.208. The summed E-state index contributed by atoms with van der Waals surface area (Å²) in [6.45, 7) is 4.29. The fourth-order valence-corrected chi connectivity index (χ4v) is 4.32. The van der Waals surface area contributed by atoms with Crippen LogP contribution in [0.1, 0.15) is 36.2 Å². The largest absolute Gasteiger partial charge is 0.294 e. The Balaban J connectivity index is 1.86. The number of ketones is 1. The molecule has 5 rings (SSSR count). The van der Waals surface area contributed by atoms with Gasteiger partial charge in [-0.1, -0.05) is 55.8 Å². The number of carbonyl (C=O) groups excluding carboxylic acids is 1. The Labute approximate surface area is 174 Å². The minimum absolute atomic E-state index is 0.0928. The lowest BCUT2D eigenvalue weighted by Gasteiger charge is -2.30. The second-order valence-corrected chi connectivity index (χ2v) is 8.83. The molecule has 0 unspecified atom stereocenters. The summed E-state index contributed by atoms with van der Waals surface area (Å²) < 4.78 is 1.87. The average molecular weight is 402 g/mol. The van der Waals surface area contributed by atoms with E-state index in [1.807, 2.05) is 59.3 Å². The summed E-state index contributed by atoms with van der Waals surface area (Å²) >= 11 is 6.11. The normalized spacial score (nSPS) is 15.5. The van der Waals surface area contributed by atoms with Crippen molar-refractivity contribution in [2.24, 2.45) is 5.41 Å². The Bertz CT molecular complexity index is 1240. The maximum absolute atomic E-state index is 12.8. The summed E-state index contributed by atoms with van der Waals surface area (Å²) in [5, 5.41) is 6.57. The second-order valence-electron chi connectivity index (χ2n) is 8.39. The van der Waals surface area contributed by atoms with E-state index in [1.54, 1.807) is 6.20 Å². The summed E-state index contributed by atoms with van der Waals surface area (Å²) in [5.74, 6) is 0.153. The molecule has 29 heavy (non-hydrogen) atoms. The van der Waals surface area contributed by atoms with Crippen LogP contribution in [0, 0.1) is 5.41 Å². The van der Waals surface area contributed by atoms with Gasteiger partial charge in [-0.3, -0.25) is 4.79 Å². The molecule has 4 aromatic rings. The first-order chi connectivity index (χ1) is 13.9. The van der Waals surface area contributed by atoms with Crippen LogP contribution in [0.5, 0.6) is 0 Å². The van der Waals surface area contributed by atoms with E-state index in [1.165, 1.54) is 0 Å². The van der Waals surface area contributed by atoms with Crippen molar-refractivity contribution >= 4 is 28.4 Å². The number of pyridine rings is 1. The zero-order valence-electron chi connectivity index (χ0n) is 16.3. The summed E-state index contributed by atoms with van der Waals surface area (Å²) in [5.41, 5.74) is 5.17. The number of Topliss-reactive ketones (excluding diaryl/α,β-unsaturated/α-hetero) is 1. The third-order valence-corrected chi connectivity index (χ3v) is 5.77. The first-order valence-corrected chi connectivity index (χ1v) is 10.1. The first kappa shape index (κ1) is 18.1. The molecule has 1 aliphatic carbocycles. The van der Waals surface area contributed by atoms with Gasteiger partial charge in [-0.05, 0) is 41.7 Å². The maximum atomic E-state index is 12.8. The number of rotatable bonds is 2. The molecule has 144 valence electrons. The van der Waals surface area contributed by atoms with Crippen LogP contribution in [0.4, 0.5) is 0 Å². The molecule has 0 N–H and O–H groups in total. The highest BCUT2D eigenvalue weighted by atomic mass is 35.5. The van der Waals surface area contributed by atoms with Gasteiger partial charge in [0.2, 0.25) is 0 Å². The van der Waals surface area contributed by atoms with Crippen LogP contribution in [-0.2, 0) is 6.42 Å². The molecule has 0 radical (unpaired) electrons. The van der Waals surface area contributed by atoms with E-state index in [4.69, 9.17) is 16.7 Å². The van der Waals surface area contributed by atoms with Crippen molar-refractivity contribution in [3.63, 3.8) is 0 Å². The smallest absolute Gasteiger partial charge is 0.165 e. The highest BCUT2D eigenvalue weighted by Gasteiger charge is 2.34. The number of hydrogen-bond acceptors (Lipinski definition) is 3. The van der Waals surface area contributed by atoms with E-state index < -0.39 is 0 Å². The van der Waals surface area contributed by atoms with Crippen LogP contribution in [0.3, 0.4) is 0 Å². The zero-order chi connectivity index (χ0) is 20.2. The molecular weight excluding hydrogens is 382 g/mol. The lowest BCUT2D eigenvalue weighted by atomic mass is 9.73. The van der Waals surface area contributed by atoms with E-state index in [2.05, 4.69) is 18.8 Å². The quantitative estimate of drug-likeness (QED) is 0.420. The Hall–Kier alpha value is -2.98. The Kier molecular flexibility index (Phi) is 4.07. The number of carbonyl (C=O) groups is 1. The minimum Gasteiger partial charge on any atom is -0.294 e. The van der Waals surface area contributed by atoms with Crippen LogP contribution in [0.15, 0.2) is 60.8 Å². The van der Waals surface area contributed by atoms with Crippen molar-refractivity contribution in [1.82, 2.24) is 14.8 Å². The SMILES string of the molecule is CC1(C)CC(=O)c2cnc3c(c(-c4ccc(Cl)cc4)nn3-c3ccccc3)c2C1. The fourth-order valence-electron chi connectivity index (χ4n) is 4.20. The van der Waals surface area contributed by atoms with Gasteiger partial charge in [0, 0.05) is 28.8 Å². The van der Waals surface area contributed by atoms with Crippen LogP contribution in [0.2, 0.25) is 5.02 Å². The van der Waals surface area contributed by atoms with Gasteiger partial charge in [0.1, 0.15) is 5.69 Å². The molecule has 0 saturated carbocycles. The Morgan fingerprint density at radius 1 is 1.00 bits per heavy atom. The summed E-state index contributed by atoms with van der Waals surface area (Å²) in [6, 6.07) is 17.6. The van der Waals surface area contributed by atoms with E-state index >= 15 is 0 Å². The molecule has 0 spiro atoms. The van der Waals surface area contributed by atoms with Crippen LogP contribution in [0.25, 0.3) is 28.0 Å². The highest BCUT2D eigenvalue weighted by Crippen LogP contribution is 2.41. The Morgan fingerprint density at radius 2 is 1.72 bits per heavy atom. The predicted octanol–water partition coefficient (Wildman–Crippen LogP) is 5.90. The number of aromatic nitrogens is 3. The predicted molar refractivity (Wildman–Crippen MR) is 116 cm³/mol. The van der Waals surface area contributed by atoms with Gasteiger partial charge in [0.15, 0.2) is 11.4 Å². The van der Waals surface area contributed by atoms with Gasteiger partial charge in [0.05, 0.1) is 11.1 Å². The molecule has 5 heteroatoms. The number of hydrogen-bond donors (Lipinski definition) is 0. The van der Waals surface area contributed by atoms with Gasteiger partial charge in [-0.25, -0.2) is 9.67 Å². The van der Waals surface area contributed by atoms with Crippen molar-refractivity contribution in [2.75, 3.05) is 0 Å². The van der Waals surface area contributed by atoms with Gasteiger partial charge >= 0.3 is 0 Å². The molecular formula is C24H20ClN3O. The zero-order valence-corrected chi connectivity index (χ0v) is 17.1. The third-order valence-electron chi connectivity index (χ3n) is 5.52. The summed E-state index contributed by atoms with van der Waals surface area (Å²) in [7, 11) is 0. The van der Waals surface area contributed by atoms with Crippen molar-refractivity contribution in [1.29, 1.82) is 0 Å². The first-order valence-electron chi connectivity index (χ1n) is 9.68. The Morgan fingerprint density at radius 3 is 2.45 bits per heavy atom. The lowest BCUT2D eigenvalue weighted by Crippen LogP contribution is -2.27. The highest BCUT2D eigenvalue weighted by molar-refractivity contribution is 6.30. The van der Waals surface area contributed by atoms with Crippen LogP contribution < -0.4 is 0 Å². The molecule has 1 aliphatic rings. The number of halogens is 1. The van der Waals surface area contributed by atoms with Crippen molar-refractivity contribution in [2.45, 2.75) is 26.7 Å². The van der Waals surface area contributed by atoms with Gasteiger partial charge < -0.3 is 0 Å². The second kappa shape index (κ2) is 6.53. The van der Waals surface area contributed by atoms with Gasteiger partial charge in [0.25, 0.3) is 0 Å². The van der Waals surface area contributed by atoms with Crippen LogP contribution in [-0.4, -0.2) is 20.5 Å². The molecule has 0 bridgehead atoms. The topological polar surface area (TPSA) is 47.8 Å². The molecule has 4 nitrogen and oxygen atoms in total. The third kappa shape index (κ3) is 3.04. The van der Waals surface area contributed by atoms with E-state index in [0.717, 1.165) is 45.5 Å². The molecule has 2 aromatic heterocycles.